The van der Waals surface area contributed by atoms with E-state index in [2.05, 4.69) is 9.97 Å². The highest BCUT2D eigenvalue weighted by atomic mass is 16.4. The molecule has 19 heavy (non-hydrogen) atoms. The molecule has 0 spiro atoms. The molecule has 1 saturated heterocycles. The molecule has 1 aromatic heterocycles. The maximum atomic E-state index is 11.5. The van der Waals surface area contributed by atoms with Gasteiger partial charge in [0.2, 0.25) is 0 Å². The first-order chi connectivity index (χ1) is 9.11. The van der Waals surface area contributed by atoms with Crippen LogP contribution in [0.25, 0.3) is 11.0 Å². The van der Waals surface area contributed by atoms with Gasteiger partial charge in [-0.1, -0.05) is 12.1 Å². The van der Waals surface area contributed by atoms with Crippen LogP contribution in [0, 0.1) is 0 Å². The van der Waals surface area contributed by atoms with Gasteiger partial charge < -0.3 is 10.0 Å². The number of fused-ring (bicyclic) bond motifs is 1. The van der Waals surface area contributed by atoms with Crippen LogP contribution >= 0.6 is 0 Å². The molecule has 2 aromatic rings. The molecule has 1 fully saturated rings. The first-order valence-corrected chi connectivity index (χ1v) is 6.34. The topological polar surface area (TPSA) is 66.3 Å². The van der Waals surface area contributed by atoms with Gasteiger partial charge in [-0.05, 0) is 31.9 Å². The molecule has 1 aliphatic rings. The minimum atomic E-state index is -0.878. The van der Waals surface area contributed by atoms with Crippen LogP contribution in [-0.2, 0) is 4.79 Å². The molecule has 0 radical (unpaired) electrons. The van der Waals surface area contributed by atoms with Crippen molar-refractivity contribution in [1.82, 2.24) is 9.97 Å². The molecule has 1 N–H and O–H groups in total. The number of benzene rings is 1. The van der Waals surface area contributed by atoms with Crippen molar-refractivity contribution in [3.8, 4) is 0 Å². The predicted molar refractivity (Wildman–Crippen MR) is 72.2 cm³/mol. The number of carboxylic acids is 1. The second-order valence-corrected chi connectivity index (χ2v) is 5.05. The van der Waals surface area contributed by atoms with E-state index in [4.69, 9.17) is 0 Å². The van der Waals surface area contributed by atoms with Gasteiger partial charge in [0, 0.05) is 6.54 Å². The second-order valence-electron chi connectivity index (χ2n) is 5.05. The van der Waals surface area contributed by atoms with E-state index in [9.17, 15) is 9.90 Å². The molecular weight excluding hydrogens is 242 g/mol. The molecule has 1 aromatic carbocycles. The lowest BCUT2D eigenvalue weighted by Crippen LogP contribution is -2.48. The summed E-state index contributed by atoms with van der Waals surface area (Å²) in [6.07, 6.45) is 3.16. The highest BCUT2D eigenvalue weighted by Crippen LogP contribution is 2.33. The summed E-state index contributed by atoms with van der Waals surface area (Å²) in [6, 6.07) is 7.60. The van der Waals surface area contributed by atoms with Gasteiger partial charge in [0.15, 0.2) is 0 Å². The van der Waals surface area contributed by atoms with E-state index in [-0.39, 0.29) is 0 Å². The Morgan fingerprint density at radius 1 is 1.37 bits per heavy atom. The van der Waals surface area contributed by atoms with Crippen LogP contribution in [-0.4, -0.2) is 33.1 Å². The number of anilines is 1. The van der Waals surface area contributed by atoms with Crippen LogP contribution in [0.5, 0.6) is 0 Å². The molecule has 0 amide bonds. The molecule has 0 bridgehead atoms. The summed E-state index contributed by atoms with van der Waals surface area (Å²) in [5.74, 6) is -0.166. The van der Waals surface area contributed by atoms with Crippen molar-refractivity contribution in [3.63, 3.8) is 0 Å². The van der Waals surface area contributed by atoms with Crippen LogP contribution in [0.3, 0.4) is 0 Å². The Morgan fingerprint density at radius 2 is 2.11 bits per heavy atom. The van der Waals surface area contributed by atoms with Crippen molar-refractivity contribution < 1.29 is 9.90 Å². The van der Waals surface area contributed by atoms with Crippen LogP contribution in [0.2, 0.25) is 0 Å². The van der Waals surface area contributed by atoms with Gasteiger partial charge in [-0.2, -0.15) is 0 Å². The minimum absolute atomic E-state index is 0.636. The second kappa shape index (κ2) is 4.19. The lowest BCUT2D eigenvalue weighted by Gasteiger charge is -2.31. The lowest BCUT2D eigenvalue weighted by atomic mass is 9.99. The third kappa shape index (κ3) is 1.82. The van der Waals surface area contributed by atoms with Crippen molar-refractivity contribution in [2.45, 2.75) is 25.3 Å². The van der Waals surface area contributed by atoms with Crippen LogP contribution in [0.15, 0.2) is 30.5 Å². The smallest absolute Gasteiger partial charge is 0.329 e. The maximum Gasteiger partial charge on any atom is 0.329 e. The molecule has 2 heterocycles. The van der Waals surface area contributed by atoms with Crippen LogP contribution in [0.1, 0.15) is 19.8 Å². The normalized spacial score (nSPS) is 22.9. The number of nitrogens with zero attached hydrogens (tertiary/aromatic N) is 3. The molecule has 1 unspecified atom stereocenters. The Kier molecular flexibility index (Phi) is 2.62. The van der Waals surface area contributed by atoms with E-state index in [0.717, 1.165) is 17.5 Å². The van der Waals surface area contributed by atoms with Crippen LogP contribution in [0.4, 0.5) is 5.82 Å². The zero-order valence-electron chi connectivity index (χ0n) is 10.7. The fourth-order valence-electron chi connectivity index (χ4n) is 2.63. The number of aliphatic carboxylic acids is 1. The summed E-state index contributed by atoms with van der Waals surface area (Å²) in [7, 11) is 0. The summed E-state index contributed by atoms with van der Waals surface area (Å²) in [6.45, 7) is 2.45. The van der Waals surface area contributed by atoms with Gasteiger partial charge in [-0.15, -0.1) is 0 Å². The monoisotopic (exact) mass is 257 g/mol. The zero-order chi connectivity index (χ0) is 13.5. The number of para-hydroxylation sites is 2. The number of hydrogen-bond donors (Lipinski definition) is 1. The van der Waals surface area contributed by atoms with Crippen molar-refractivity contribution in [3.05, 3.63) is 30.5 Å². The Balaban J connectivity index is 2.06. The van der Waals surface area contributed by atoms with Crippen molar-refractivity contribution in [1.29, 1.82) is 0 Å². The zero-order valence-corrected chi connectivity index (χ0v) is 10.7. The number of rotatable bonds is 2. The lowest BCUT2D eigenvalue weighted by molar-refractivity contribution is -0.142. The van der Waals surface area contributed by atoms with Gasteiger partial charge in [0.1, 0.15) is 11.4 Å². The Hall–Kier alpha value is -2.17. The summed E-state index contributed by atoms with van der Waals surface area (Å²) in [5.41, 5.74) is 0.735. The largest absolute Gasteiger partial charge is 0.480 e. The first-order valence-electron chi connectivity index (χ1n) is 6.34. The summed E-state index contributed by atoms with van der Waals surface area (Å²) < 4.78 is 0. The summed E-state index contributed by atoms with van der Waals surface area (Å²) in [4.78, 5) is 22.2. The van der Waals surface area contributed by atoms with E-state index in [1.54, 1.807) is 13.1 Å². The van der Waals surface area contributed by atoms with Gasteiger partial charge in [-0.3, -0.25) is 4.98 Å². The number of aromatic nitrogens is 2. The van der Waals surface area contributed by atoms with E-state index in [1.165, 1.54) is 0 Å². The SMILES string of the molecule is CC1(C(=O)O)CCCN1c1cnc2ccccc2n1. The fourth-order valence-corrected chi connectivity index (χ4v) is 2.63. The fraction of sp³-hybridized carbons (Fsp3) is 0.357. The molecule has 3 rings (SSSR count). The molecular formula is C14H15N3O2. The van der Waals surface area contributed by atoms with Gasteiger partial charge in [0.05, 0.1) is 17.2 Å². The van der Waals surface area contributed by atoms with Gasteiger partial charge in [0.25, 0.3) is 0 Å². The Bertz CT molecular complexity index is 643. The van der Waals surface area contributed by atoms with E-state index in [1.807, 2.05) is 29.2 Å². The standard InChI is InChI=1S/C14H15N3O2/c1-14(13(18)19)7-4-8-17(14)12-9-15-10-5-2-3-6-11(10)16-12/h2-3,5-6,9H,4,7-8H2,1H3,(H,18,19). The average molecular weight is 257 g/mol. The molecule has 1 atom stereocenters. The third-order valence-corrected chi connectivity index (χ3v) is 3.81. The van der Waals surface area contributed by atoms with Crippen molar-refractivity contribution in [2.75, 3.05) is 11.4 Å². The Morgan fingerprint density at radius 3 is 2.84 bits per heavy atom. The predicted octanol–water partition coefficient (Wildman–Crippen LogP) is 2.07. The molecule has 0 saturated carbocycles. The van der Waals surface area contributed by atoms with E-state index < -0.39 is 11.5 Å². The van der Waals surface area contributed by atoms with Crippen LogP contribution < -0.4 is 4.90 Å². The maximum absolute atomic E-state index is 11.5. The third-order valence-electron chi connectivity index (χ3n) is 3.81. The molecule has 0 aliphatic carbocycles. The molecule has 5 heteroatoms. The summed E-state index contributed by atoms with van der Waals surface area (Å²) >= 11 is 0. The molecule has 1 aliphatic heterocycles. The highest BCUT2D eigenvalue weighted by molar-refractivity contribution is 5.84. The van der Waals surface area contributed by atoms with E-state index >= 15 is 0 Å². The highest BCUT2D eigenvalue weighted by Gasteiger charge is 2.44. The molecule has 98 valence electrons. The van der Waals surface area contributed by atoms with Crippen molar-refractivity contribution >= 4 is 22.8 Å². The van der Waals surface area contributed by atoms with Crippen molar-refractivity contribution in [2.24, 2.45) is 0 Å². The molecule has 5 nitrogen and oxygen atoms in total. The number of hydrogen-bond acceptors (Lipinski definition) is 4. The number of carboxylic acid groups (broad SMARTS) is 1. The van der Waals surface area contributed by atoms with Gasteiger partial charge in [-0.25, -0.2) is 9.78 Å². The average Bonchev–Trinajstić information content (AvgIpc) is 2.82. The quantitative estimate of drug-likeness (QED) is 0.892. The first kappa shape index (κ1) is 11.9. The van der Waals surface area contributed by atoms with E-state index in [0.29, 0.717) is 18.8 Å². The number of carbonyl (C=O) groups is 1. The summed E-state index contributed by atoms with van der Waals surface area (Å²) in [5, 5.41) is 9.43. The Labute approximate surface area is 110 Å². The minimum Gasteiger partial charge on any atom is -0.480 e. The van der Waals surface area contributed by atoms with Gasteiger partial charge >= 0.3 is 5.97 Å².